The number of methoxy groups -OCH3 is 1. The minimum Gasteiger partial charge on any atom is -0.469 e. The van der Waals surface area contributed by atoms with Crippen LogP contribution in [-0.2, 0) is 16.1 Å². The zero-order chi connectivity index (χ0) is 13.4. The average Bonchev–Trinajstić information content (AvgIpc) is 2.37. The molecule has 0 spiro atoms. The van der Waals surface area contributed by atoms with E-state index in [0.29, 0.717) is 12.5 Å². The topological polar surface area (TPSA) is 38.3 Å². The number of ether oxygens (including phenoxy) is 1. The van der Waals surface area contributed by atoms with Crippen molar-refractivity contribution >= 4 is 17.7 Å². The van der Waals surface area contributed by atoms with E-state index in [2.05, 4.69) is 36.0 Å². The van der Waals surface area contributed by atoms with E-state index >= 15 is 0 Å². The van der Waals surface area contributed by atoms with Gasteiger partial charge >= 0.3 is 5.97 Å². The highest BCUT2D eigenvalue weighted by Gasteiger charge is 2.05. The fourth-order valence-electron chi connectivity index (χ4n) is 1.45. The van der Waals surface area contributed by atoms with Gasteiger partial charge in [0, 0.05) is 23.2 Å². The van der Waals surface area contributed by atoms with Crippen LogP contribution >= 0.6 is 11.8 Å². The maximum absolute atomic E-state index is 11.1. The Labute approximate surface area is 113 Å². The van der Waals surface area contributed by atoms with Crippen molar-refractivity contribution in [1.82, 2.24) is 5.32 Å². The van der Waals surface area contributed by atoms with Gasteiger partial charge in [-0.1, -0.05) is 32.0 Å². The number of rotatable bonds is 7. The molecule has 100 valence electrons. The highest BCUT2D eigenvalue weighted by Crippen LogP contribution is 2.23. The molecule has 0 aliphatic heterocycles. The van der Waals surface area contributed by atoms with Gasteiger partial charge in [0.25, 0.3) is 0 Å². The van der Waals surface area contributed by atoms with Crippen LogP contribution in [0.2, 0.25) is 0 Å². The molecule has 1 aromatic carbocycles. The summed E-state index contributed by atoms with van der Waals surface area (Å²) in [4.78, 5) is 12.3. The van der Waals surface area contributed by atoms with Crippen LogP contribution in [0, 0.1) is 0 Å². The van der Waals surface area contributed by atoms with Crippen molar-refractivity contribution in [1.29, 1.82) is 0 Å². The second kappa shape index (κ2) is 8.16. The van der Waals surface area contributed by atoms with Gasteiger partial charge in [-0.25, -0.2) is 0 Å². The van der Waals surface area contributed by atoms with Crippen molar-refractivity contribution in [3.63, 3.8) is 0 Å². The summed E-state index contributed by atoms with van der Waals surface area (Å²) in [6.07, 6.45) is 0.451. The molecule has 0 aliphatic carbocycles. The number of benzene rings is 1. The van der Waals surface area contributed by atoms with E-state index in [-0.39, 0.29) is 5.97 Å². The summed E-state index contributed by atoms with van der Waals surface area (Å²) in [6.45, 7) is 5.12. The summed E-state index contributed by atoms with van der Waals surface area (Å²) in [5.41, 5.74) is 1.28. The smallest absolute Gasteiger partial charge is 0.306 e. The Morgan fingerprint density at radius 2 is 2.11 bits per heavy atom. The Morgan fingerprint density at radius 1 is 1.39 bits per heavy atom. The molecule has 1 N–H and O–H groups in total. The van der Waals surface area contributed by atoms with Crippen LogP contribution in [0.1, 0.15) is 25.8 Å². The van der Waals surface area contributed by atoms with Gasteiger partial charge in [-0.05, 0) is 11.6 Å². The summed E-state index contributed by atoms with van der Waals surface area (Å²) < 4.78 is 4.63. The second-order valence-corrected chi connectivity index (χ2v) is 5.45. The van der Waals surface area contributed by atoms with Crippen molar-refractivity contribution in [2.45, 2.75) is 37.8 Å². The third-order valence-corrected chi connectivity index (χ3v) is 3.58. The molecule has 3 nitrogen and oxygen atoms in total. The van der Waals surface area contributed by atoms with E-state index in [0.717, 1.165) is 12.3 Å². The number of carbonyl (C=O) groups excluding carboxylic acids is 1. The van der Waals surface area contributed by atoms with Crippen LogP contribution in [0.15, 0.2) is 29.2 Å². The van der Waals surface area contributed by atoms with E-state index < -0.39 is 0 Å². The van der Waals surface area contributed by atoms with E-state index in [1.165, 1.54) is 17.6 Å². The van der Waals surface area contributed by atoms with Crippen molar-refractivity contribution in [2.24, 2.45) is 0 Å². The normalized spacial score (nSPS) is 10.7. The van der Waals surface area contributed by atoms with Gasteiger partial charge in [0.2, 0.25) is 0 Å². The van der Waals surface area contributed by atoms with Crippen LogP contribution in [0.25, 0.3) is 0 Å². The Morgan fingerprint density at radius 3 is 2.78 bits per heavy atom. The lowest BCUT2D eigenvalue weighted by Gasteiger charge is -2.12. The highest BCUT2D eigenvalue weighted by molar-refractivity contribution is 7.99. The molecule has 18 heavy (non-hydrogen) atoms. The first-order valence-electron chi connectivity index (χ1n) is 6.14. The number of hydrogen-bond donors (Lipinski definition) is 1. The highest BCUT2D eigenvalue weighted by atomic mass is 32.2. The van der Waals surface area contributed by atoms with Crippen LogP contribution < -0.4 is 5.32 Å². The summed E-state index contributed by atoms with van der Waals surface area (Å²) >= 11 is 1.70. The van der Waals surface area contributed by atoms with Crippen molar-refractivity contribution < 1.29 is 9.53 Å². The van der Waals surface area contributed by atoms with Crippen LogP contribution in [0.5, 0.6) is 0 Å². The summed E-state index contributed by atoms with van der Waals surface area (Å²) in [6, 6.07) is 8.76. The fourth-order valence-corrected chi connectivity index (χ4v) is 2.44. The largest absolute Gasteiger partial charge is 0.469 e. The number of thioether (sulfide) groups is 1. The average molecular weight is 267 g/mol. The lowest BCUT2D eigenvalue weighted by atomic mass is 10.2. The van der Waals surface area contributed by atoms with Crippen LogP contribution in [0.4, 0.5) is 0 Å². The first-order chi connectivity index (χ1) is 8.63. The van der Waals surface area contributed by atoms with E-state index in [1.54, 1.807) is 11.8 Å². The van der Waals surface area contributed by atoms with Crippen LogP contribution in [0.3, 0.4) is 0 Å². The van der Waals surface area contributed by atoms with Gasteiger partial charge in [-0.3, -0.25) is 4.79 Å². The van der Waals surface area contributed by atoms with Gasteiger partial charge in [0.05, 0.1) is 13.5 Å². The SMILES string of the molecule is COC(=O)CCSc1ccccc1CNC(C)C. The molecular weight excluding hydrogens is 246 g/mol. The van der Waals surface area contributed by atoms with Crippen LogP contribution in [-0.4, -0.2) is 24.9 Å². The molecular formula is C14H21NO2S. The fraction of sp³-hybridized carbons (Fsp3) is 0.500. The number of nitrogens with one attached hydrogen (secondary N) is 1. The van der Waals surface area contributed by atoms with Crippen molar-refractivity contribution in [3.8, 4) is 0 Å². The van der Waals surface area contributed by atoms with Gasteiger partial charge < -0.3 is 10.1 Å². The minimum atomic E-state index is -0.153. The Balaban J connectivity index is 2.50. The minimum absolute atomic E-state index is 0.153. The lowest BCUT2D eigenvalue weighted by molar-refractivity contribution is -0.140. The molecule has 4 heteroatoms. The first-order valence-corrected chi connectivity index (χ1v) is 7.13. The second-order valence-electron chi connectivity index (χ2n) is 4.32. The molecule has 0 unspecified atom stereocenters. The third-order valence-electron chi connectivity index (χ3n) is 2.46. The maximum atomic E-state index is 11.1. The predicted octanol–water partition coefficient (Wildman–Crippen LogP) is 2.84. The van der Waals surface area contributed by atoms with E-state index in [4.69, 9.17) is 0 Å². The molecule has 0 radical (unpaired) electrons. The Bertz CT molecular complexity index is 380. The monoisotopic (exact) mass is 267 g/mol. The lowest BCUT2D eigenvalue weighted by Crippen LogP contribution is -2.22. The molecule has 1 aromatic rings. The summed E-state index contributed by atoms with van der Waals surface area (Å²) in [7, 11) is 1.42. The molecule has 0 saturated heterocycles. The molecule has 0 atom stereocenters. The van der Waals surface area contributed by atoms with Gasteiger partial charge in [-0.2, -0.15) is 0 Å². The zero-order valence-corrected chi connectivity index (χ0v) is 12.0. The molecule has 1 rings (SSSR count). The Hall–Kier alpha value is -1.00. The van der Waals surface area contributed by atoms with Crippen molar-refractivity contribution in [3.05, 3.63) is 29.8 Å². The molecule has 0 amide bonds. The molecule has 0 heterocycles. The van der Waals surface area contributed by atoms with Gasteiger partial charge in [0.15, 0.2) is 0 Å². The van der Waals surface area contributed by atoms with Gasteiger partial charge in [0.1, 0.15) is 0 Å². The quantitative estimate of drug-likeness (QED) is 0.609. The number of carbonyl (C=O) groups is 1. The maximum Gasteiger partial charge on any atom is 0.306 e. The zero-order valence-electron chi connectivity index (χ0n) is 11.2. The summed E-state index contributed by atoms with van der Waals surface area (Å²) in [5, 5.41) is 3.41. The first kappa shape index (κ1) is 15.1. The molecule has 0 saturated carbocycles. The third kappa shape index (κ3) is 5.56. The summed E-state index contributed by atoms with van der Waals surface area (Å²) in [5.74, 6) is 0.603. The Kier molecular flexibility index (Phi) is 6.83. The number of esters is 1. The molecule has 0 aromatic heterocycles. The predicted molar refractivity (Wildman–Crippen MR) is 75.8 cm³/mol. The standard InChI is InChI=1S/C14H21NO2S/c1-11(2)15-10-12-6-4-5-7-13(12)18-9-8-14(16)17-3/h4-7,11,15H,8-10H2,1-3H3. The van der Waals surface area contributed by atoms with Gasteiger partial charge in [-0.15, -0.1) is 11.8 Å². The number of hydrogen-bond acceptors (Lipinski definition) is 4. The molecule has 0 aliphatic rings. The van der Waals surface area contributed by atoms with E-state index in [9.17, 15) is 4.79 Å². The van der Waals surface area contributed by atoms with Crippen molar-refractivity contribution in [2.75, 3.05) is 12.9 Å². The van der Waals surface area contributed by atoms with E-state index in [1.807, 2.05) is 12.1 Å². The molecule has 0 fully saturated rings. The molecule has 0 bridgehead atoms.